The number of rotatable bonds is 1. The molecule has 7 heteroatoms. The van der Waals surface area contributed by atoms with Gasteiger partial charge in [0.05, 0.1) is 16.1 Å². The van der Waals surface area contributed by atoms with Crippen LogP contribution in [-0.2, 0) is 4.79 Å². The summed E-state index contributed by atoms with van der Waals surface area (Å²) in [7, 11) is 0. The van der Waals surface area contributed by atoms with Crippen molar-refractivity contribution in [3.63, 3.8) is 0 Å². The van der Waals surface area contributed by atoms with E-state index in [-0.39, 0.29) is 28.4 Å². The minimum atomic E-state index is -0.704. The molecule has 6 nitrogen and oxygen atoms in total. The van der Waals surface area contributed by atoms with Crippen molar-refractivity contribution in [3.05, 3.63) is 34.3 Å². The quantitative estimate of drug-likeness (QED) is 0.646. The van der Waals surface area contributed by atoms with Gasteiger partial charge >= 0.3 is 0 Å². The normalized spacial score (nSPS) is 35.9. The SMILES string of the molecule is O=C1c2cccc(Cl)c2C(=O)N1C1CC[C@@H]2[C@H]3CCCN4CCC[C@@H](CN2C1=O)[C@@H]34. The van der Waals surface area contributed by atoms with Gasteiger partial charge in [-0.05, 0) is 75.6 Å². The molecule has 1 unspecified atom stereocenters. The van der Waals surface area contributed by atoms with E-state index in [0.29, 0.717) is 29.9 Å². The number of hydrogen-bond acceptors (Lipinski definition) is 4. The fourth-order valence-corrected chi connectivity index (χ4v) is 7.30. The van der Waals surface area contributed by atoms with Gasteiger partial charge in [0.15, 0.2) is 0 Å². The molecule has 1 aromatic rings. The monoisotopic (exact) mass is 427 g/mol. The van der Waals surface area contributed by atoms with E-state index in [1.165, 1.54) is 43.7 Å². The molecular weight excluding hydrogens is 402 g/mol. The Bertz CT molecular complexity index is 948. The van der Waals surface area contributed by atoms with Gasteiger partial charge in [-0.2, -0.15) is 0 Å². The molecule has 5 aliphatic heterocycles. The van der Waals surface area contributed by atoms with Gasteiger partial charge in [-0.15, -0.1) is 0 Å². The molecule has 3 amide bonds. The topological polar surface area (TPSA) is 60.9 Å². The third-order valence-corrected chi connectivity index (χ3v) is 8.50. The maximum atomic E-state index is 13.6. The fraction of sp³-hybridized carbons (Fsp3) is 0.609. The molecule has 0 radical (unpaired) electrons. The Kier molecular flexibility index (Phi) is 4.26. The summed E-state index contributed by atoms with van der Waals surface area (Å²) in [4.78, 5) is 45.7. The van der Waals surface area contributed by atoms with E-state index in [2.05, 4.69) is 4.90 Å². The number of carbonyl (C=O) groups is 3. The van der Waals surface area contributed by atoms with E-state index >= 15 is 0 Å². The lowest BCUT2D eigenvalue weighted by molar-refractivity contribution is -0.156. The first-order valence-corrected chi connectivity index (χ1v) is 11.6. The van der Waals surface area contributed by atoms with E-state index in [1.807, 2.05) is 4.90 Å². The van der Waals surface area contributed by atoms with Gasteiger partial charge < -0.3 is 4.90 Å². The van der Waals surface area contributed by atoms with Gasteiger partial charge in [0.25, 0.3) is 11.8 Å². The molecule has 5 atom stereocenters. The minimum Gasteiger partial charge on any atom is -0.337 e. The highest BCUT2D eigenvalue weighted by atomic mass is 35.5. The molecular formula is C23H26ClN3O3. The van der Waals surface area contributed by atoms with E-state index in [0.717, 1.165) is 13.0 Å². The van der Waals surface area contributed by atoms with Crippen LogP contribution in [0.1, 0.15) is 59.2 Å². The second-order valence-corrected chi connectivity index (χ2v) is 9.94. The number of benzene rings is 1. The zero-order valence-electron chi connectivity index (χ0n) is 16.9. The second kappa shape index (κ2) is 6.79. The first-order chi connectivity index (χ1) is 14.6. The highest BCUT2D eigenvalue weighted by molar-refractivity contribution is 6.37. The predicted molar refractivity (Wildman–Crippen MR) is 111 cm³/mol. The van der Waals surface area contributed by atoms with Crippen LogP contribution in [0.5, 0.6) is 0 Å². The Morgan fingerprint density at radius 2 is 1.73 bits per heavy atom. The molecule has 30 heavy (non-hydrogen) atoms. The zero-order valence-corrected chi connectivity index (χ0v) is 17.7. The average Bonchev–Trinajstić information content (AvgIpc) is 3.01. The molecule has 0 bridgehead atoms. The highest BCUT2D eigenvalue weighted by Crippen LogP contribution is 2.45. The Hall–Kier alpha value is -1.92. The van der Waals surface area contributed by atoms with Crippen molar-refractivity contribution >= 4 is 29.3 Å². The largest absolute Gasteiger partial charge is 0.337 e. The fourth-order valence-electron chi connectivity index (χ4n) is 7.05. The summed E-state index contributed by atoms with van der Waals surface area (Å²) in [6, 6.07) is 5.07. The smallest absolute Gasteiger partial charge is 0.263 e. The number of hydrogen-bond donors (Lipinski definition) is 0. The zero-order chi connectivity index (χ0) is 20.6. The maximum Gasteiger partial charge on any atom is 0.263 e. The molecule has 0 aliphatic carbocycles. The summed E-state index contributed by atoms with van der Waals surface area (Å²) >= 11 is 6.22. The molecule has 5 heterocycles. The average molecular weight is 428 g/mol. The summed E-state index contributed by atoms with van der Waals surface area (Å²) < 4.78 is 0. The van der Waals surface area contributed by atoms with Crippen molar-refractivity contribution in [1.29, 1.82) is 0 Å². The van der Waals surface area contributed by atoms with Crippen molar-refractivity contribution in [2.45, 2.75) is 56.7 Å². The molecule has 4 fully saturated rings. The van der Waals surface area contributed by atoms with Crippen LogP contribution >= 0.6 is 11.6 Å². The van der Waals surface area contributed by atoms with E-state index < -0.39 is 11.9 Å². The van der Waals surface area contributed by atoms with Crippen molar-refractivity contribution in [3.8, 4) is 0 Å². The number of fused-ring (bicyclic) bond motifs is 3. The number of amides is 3. The lowest BCUT2D eigenvalue weighted by atomic mass is 9.67. The highest BCUT2D eigenvalue weighted by Gasteiger charge is 2.54. The van der Waals surface area contributed by atoms with Crippen LogP contribution in [0.15, 0.2) is 18.2 Å². The molecule has 0 spiro atoms. The van der Waals surface area contributed by atoms with Gasteiger partial charge in [-0.25, -0.2) is 0 Å². The number of imide groups is 1. The summed E-state index contributed by atoms with van der Waals surface area (Å²) in [6.07, 6.45) is 6.16. The number of carbonyl (C=O) groups excluding carboxylic acids is 3. The van der Waals surface area contributed by atoms with Crippen molar-refractivity contribution in [2.24, 2.45) is 11.8 Å². The first-order valence-electron chi connectivity index (χ1n) is 11.3. The molecule has 158 valence electrons. The van der Waals surface area contributed by atoms with E-state index in [1.54, 1.807) is 18.2 Å². The standard InChI is InChI=1S/C23H26ClN3O3/c24-16-7-1-5-15-19(16)23(30)27(21(15)28)18-9-8-17-14-6-3-11-25-10-2-4-13(20(14)25)12-26(17)22(18)29/h1,5,7,13-14,17-18,20H,2-4,6,8-12H2/t13-,14+,17+,18?,20-/m0/s1. The van der Waals surface area contributed by atoms with Crippen molar-refractivity contribution in [2.75, 3.05) is 19.6 Å². The van der Waals surface area contributed by atoms with Crippen LogP contribution in [0.3, 0.4) is 0 Å². The summed E-state index contributed by atoms with van der Waals surface area (Å²) in [5.41, 5.74) is 0.560. The Labute approximate surface area is 181 Å². The van der Waals surface area contributed by atoms with E-state index in [9.17, 15) is 14.4 Å². The maximum absolute atomic E-state index is 13.6. The third-order valence-electron chi connectivity index (χ3n) is 8.18. The Morgan fingerprint density at radius 3 is 2.53 bits per heavy atom. The van der Waals surface area contributed by atoms with Crippen LogP contribution in [-0.4, -0.2) is 70.2 Å². The molecule has 4 saturated heterocycles. The molecule has 6 rings (SSSR count). The van der Waals surface area contributed by atoms with Gasteiger partial charge in [-0.3, -0.25) is 24.2 Å². The van der Waals surface area contributed by atoms with Crippen LogP contribution in [0, 0.1) is 11.8 Å². The molecule has 0 saturated carbocycles. The third kappa shape index (κ3) is 2.50. The van der Waals surface area contributed by atoms with Crippen molar-refractivity contribution < 1.29 is 14.4 Å². The first kappa shape index (κ1) is 18.8. The van der Waals surface area contributed by atoms with Gasteiger partial charge in [-0.1, -0.05) is 17.7 Å². The second-order valence-electron chi connectivity index (χ2n) is 9.53. The van der Waals surface area contributed by atoms with E-state index in [4.69, 9.17) is 11.6 Å². The summed E-state index contributed by atoms with van der Waals surface area (Å²) in [6.45, 7) is 3.15. The molecule has 0 N–H and O–H groups in total. The van der Waals surface area contributed by atoms with Crippen LogP contribution < -0.4 is 0 Å². The van der Waals surface area contributed by atoms with Crippen LogP contribution in [0.2, 0.25) is 5.02 Å². The van der Waals surface area contributed by atoms with Crippen LogP contribution in [0.4, 0.5) is 0 Å². The Morgan fingerprint density at radius 1 is 0.933 bits per heavy atom. The van der Waals surface area contributed by atoms with Crippen molar-refractivity contribution in [1.82, 2.24) is 14.7 Å². The number of piperidine rings is 4. The Balaban J connectivity index is 1.30. The number of nitrogens with zero attached hydrogens (tertiary/aromatic N) is 3. The van der Waals surface area contributed by atoms with Crippen LogP contribution in [0.25, 0.3) is 0 Å². The molecule has 5 aliphatic rings. The summed E-state index contributed by atoms with van der Waals surface area (Å²) in [5.74, 6) is 0.191. The van der Waals surface area contributed by atoms with Gasteiger partial charge in [0, 0.05) is 18.6 Å². The lowest BCUT2D eigenvalue weighted by Gasteiger charge is -2.59. The molecule has 0 aromatic heterocycles. The minimum absolute atomic E-state index is 0.0435. The van der Waals surface area contributed by atoms with Gasteiger partial charge in [0.1, 0.15) is 6.04 Å². The van der Waals surface area contributed by atoms with Gasteiger partial charge in [0.2, 0.25) is 5.91 Å². The summed E-state index contributed by atoms with van der Waals surface area (Å²) in [5, 5.41) is 0.278. The predicted octanol–water partition coefficient (Wildman–Crippen LogP) is 2.80. The lowest BCUT2D eigenvalue weighted by Crippen LogP contribution is -2.69. The molecule has 1 aromatic carbocycles. The number of halogens is 1.